The van der Waals surface area contributed by atoms with Gasteiger partial charge in [0.25, 0.3) is 0 Å². The van der Waals surface area contributed by atoms with Gasteiger partial charge in [0.2, 0.25) is 0 Å². The van der Waals surface area contributed by atoms with Crippen molar-refractivity contribution in [1.29, 1.82) is 0 Å². The minimum Gasteiger partial charge on any atom is -0.491 e. The highest BCUT2D eigenvalue weighted by Crippen LogP contribution is 2.30. The summed E-state index contributed by atoms with van der Waals surface area (Å²) in [5.41, 5.74) is 4.81. The number of aryl methyl sites for hydroxylation is 1. The Morgan fingerprint density at radius 1 is 0.853 bits per heavy atom. The Morgan fingerprint density at radius 2 is 1.68 bits per heavy atom. The molecule has 0 radical (unpaired) electrons. The number of hydrogen-bond donors (Lipinski definition) is 0. The summed E-state index contributed by atoms with van der Waals surface area (Å²) in [5, 5.41) is 0. The van der Waals surface area contributed by atoms with Gasteiger partial charge >= 0.3 is 0 Å². The second-order valence-corrected chi connectivity index (χ2v) is 9.15. The zero-order chi connectivity index (χ0) is 23.4. The first-order valence-electron chi connectivity index (χ1n) is 12.8. The molecule has 0 spiro atoms. The lowest BCUT2D eigenvalue weighted by Gasteiger charge is -2.24. The molecule has 34 heavy (non-hydrogen) atoms. The maximum absolute atomic E-state index is 6.08. The summed E-state index contributed by atoms with van der Waals surface area (Å²) in [6.07, 6.45) is 20.4. The van der Waals surface area contributed by atoms with Gasteiger partial charge in [0.15, 0.2) is 0 Å². The molecule has 4 nitrogen and oxygen atoms in total. The van der Waals surface area contributed by atoms with Crippen LogP contribution in [0.25, 0.3) is 0 Å². The van der Waals surface area contributed by atoms with Crippen LogP contribution in [0.15, 0.2) is 83.2 Å². The van der Waals surface area contributed by atoms with Crippen molar-refractivity contribution in [3.05, 3.63) is 88.8 Å². The molecule has 4 heteroatoms. The Morgan fingerprint density at radius 3 is 2.50 bits per heavy atom. The molecule has 0 unspecified atom stereocenters. The van der Waals surface area contributed by atoms with Crippen molar-refractivity contribution in [3.8, 4) is 5.75 Å². The van der Waals surface area contributed by atoms with Gasteiger partial charge < -0.3 is 18.9 Å². The molecule has 0 aromatic heterocycles. The normalized spacial score (nSPS) is 19.7. The summed E-state index contributed by atoms with van der Waals surface area (Å²) in [4.78, 5) is 0. The molecule has 3 aliphatic carbocycles. The van der Waals surface area contributed by atoms with E-state index < -0.39 is 0 Å². The molecular formula is C30H38O4. The smallest absolute Gasteiger partial charge is 0.123 e. The predicted octanol–water partition coefficient (Wildman–Crippen LogP) is 6.64. The van der Waals surface area contributed by atoms with E-state index in [-0.39, 0.29) is 0 Å². The molecule has 4 rings (SSSR count). The Bertz CT molecular complexity index is 946. The minimum atomic E-state index is 0.524. The average molecular weight is 463 g/mol. The number of ether oxygens (including phenoxy) is 4. The third-order valence-electron chi connectivity index (χ3n) is 6.61. The average Bonchev–Trinajstić information content (AvgIpc) is 3.29. The number of para-hydroxylation sites is 1. The van der Waals surface area contributed by atoms with Gasteiger partial charge in [-0.15, -0.1) is 0 Å². The summed E-state index contributed by atoms with van der Waals surface area (Å²) in [5.74, 6) is 2.77. The van der Waals surface area contributed by atoms with E-state index in [1.165, 1.54) is 36.8 Å². The quantitative estimate of drug-likeness (QED) is 0.290. The second-order valence-electron chi connectivity index (χ2n) is 9.15. The van der Waals surface area contributed by atoms with Crippen LogP contribution in [0.1, 0.15) is 44.1 Å². The number of allylic oxidation sites excluding steroid dienone is 7. The number of benzene rings is 1. The zero-order valence-corrected chi connectivity index (χ0v) is 20.5. The first-order chi connectivity index (χ1) is 16.8. The van der Waals surface area contributed by atoms with Crippen molar-refractivity contribution in [2.24, 2.45) is 5.92 Å². The van der Waals surface area contributed by atoms with E-state index >= 15 is 0 Å². The van der Waals surface area contributed by atoms with Crippen LogP contribution in [0.5, 0.6) is 5.75 Å². The van der Waals surface area contributed by atoms with Crippen molar-refractivity contribution in [1.82, 2.24) is 0 Å². The molecule has 0 amide bonds. The first-order valence-corrected chi connectivity index (χ1v) is 12.8. The van der Waals surface area contributed by atoms with Crippen molar-refractivity contribution in [2.45, 2.75) is 45.4 Å². The van der Waals surface area contributed by atoms with Crippen molar-refractivity contribution in [3.63, 3.8) is 0 Å². The van der Waals surface area contributed by atoms with Crippen molar-refractivity contribution in [2.75, 3.05) is 39.6 Å². The molecule has 182 valence electrons. The molecule has 0 aliphatic heterocycles. The molecule has 1 saturated carbocycles. The maximum atomic E-state index is 6.08. The third kappa shape index (κ3) is 7.48. The van der Waals surface area contributed by atoms with Crippen LogP contribution in [0.4, 0.5) is 0 Å². The van der Waals surface area contributed by atoms with Crippen LogP contribution >= 0.6 is 0 Å². The van der Waals surface area contributed by atoms with Gasteiger partial charge in [-0.25, -0.2) is 0 Å². The van der Waals surface area contributed by atoms with Gasteiger partial charge in [0, 0.05) is 12.2 Å². The standard InChI is InChI=1S/C30H38O4/c1-24-7-2-4-11-29(24)33-21-19-32-20-22-34-30-12-5-3-10-28(30)27-14-13-26(23-27)16-18-31-17-15-25-8-6-9-25/h2-4,7,10-14,23,25H,5-6,8-9,15-22H2,1H3/b28-27+. The van der Waals surface area contributed by atoms with Gasteiger partial charge in [-0.05, 0) is 61.0 Å². The lowest BCUT2D eigenvalue weighted by atomic mass is 9.83. The molecular weight excluding hydrogens is 424 g/mol. The molecule has 0 N–H and O–H groups in total. The molecule has 0 atom stereocenters. The van der Waals surface area contributed by atoms with Crippen LogP contribution < -0.4 is 4.74 Å². The largest absolute Gasteiger partial charge is 0.491 e. The van der Waals surface area contributed by atoms with Crippen LogP contribution in [-0.2, 0) is 14.2 Å². The van der Waals surface area contributed by atoms with E-state index in [0.29, 0.717) is 26.4 Å². The highest BCUT2D eigenvalue weighted by Gasteiger charge is 2.17. The maximum Gasteiger partial charge on any atom is 0.123 e. The molecule has 1 aromatic rings. The van der Waals surface area contributed by atoms with E-state index in [9.17, 15) is 0 Å². The van der Waals surface area contributed by atoms with Gasteiger partial charge in [-0.3, -0.25) is 0 Å². The highest BCUT2D eigenvalue weighted by atomic mass is 16.5. The van der Waals surface area contributed by atoms with Crippen LogP contribution in [0.3, 0.4) is 0 Å². The lowest BCUT2D eigenvalue weighted by molar-refractivity contribution is 0.0598. The molecule has 0 saturated heterocycles. The SMILES string of the molecule is Cc1ccccc1OCCOCCOC1=CCC=C/C1=C1/C=CC(CCOCCC2CCC2)=C1. The van der Waals surface area contributed by atoms with Crippen LogP contribution in [-0.4, -0.2) is 39.6 Å². The topological polar surface area (TPSA) is 36.9 Å². The highest BCUT2D eigenvalue weighted by molar-refractivity contribution is 5.56. The van der Waals surface area contributed by atoms with Crippen molar-refractivity contribution >= 4 is 0 Å². The summed E-state index contributed by atoms with van der Waals surface area (Å²) in [6, 6.07) is 8.03. The van der Waals surface area contributed by atoms with E-state index in [1.807, 2.05) is 31.2 Å². The fourth-order valence-corrected chi connectivity index (χ4v) is 4.31. The first kappa shape index (κ1) is 24.6. The summed E-state index contributed by atoms with van der Waals surface area (Å²) >= 11 is 0. The molecule has 0 bridgehead atoms. The molecule has 0 heterocycles. The summed E-state index contributed by atoms with van der Waals surface area (Å²) < 4.78 is 23.4. The Labute approximate surface area is 204 Å². The van der Waals surface area contributed by atoms with E-state index in [0.717, 1.165) is 54.6 Å². The zero-order valence-electron chi connectivity index (χ0n) is 20.5. The Hall–Kier alpha value is -2.56. The van der Waals surface area contributed by atoms with Crippen LogP contribution in [0.2, 0.25) is 0 Å². The summed E-state index contributed by atoms with van der Waals surface area (Å²) in [7, 11) is 0. The van der Waals surface area contributed by atoms with Gasteiger partial charge in [-0.1, -0.05) is 67.8 Å². The number of rotatable bonds is 14. The Balaban J connectivity index is 1.14. The van der Waals surface area contributed by atoms with Gasteiger partial charge in [0.05, 0.1) is 19.8 Å². The van der Waals surface area contributed by atoms with E-state index in [1.54, 1.807) is 0 Å². The second kappa shape index (κ2) is 13.4. The number of hydrogen-bond acceptors (Lipinski definition) is 4. The van der Waals surface area contributed by atoms with Gasteiger partial charge in [0.1, 0.15) is 24.7 Å². The molecule has 1 aromatic carbocycles. The van der Waals surface area contributed by atoms with Crippen LogP contribution in [0, 0.1) is 12.8 Å². The fourth-order valence-electron chi connectivity index (χ4n) is 4.31. The molecule has 3 aliphatic rings. The van der Waals surface area contributed by atoms with Gasteiger partial charge in [-0.2, -0.15) is 0 Å². The lowest BCUT2D eigenvalue weighted by Crippen LogP contribution is -2.13. The minimum absolute atomic E-state index is 0.524. The fraction of sp³-hybridized carbons (Fsp3) is 0.467. The monoisotopic (exact) mass is 462 g/mol. The Kier molecular flexibility index (Phi) is 9.65. The predicted molar refractivity (Wildman–Crippen MR) is 137 cm³/mol. The van der Waals surface area contributed by atoms with Crippen molar-refractivity contribution < 1.29 is 18.9 Å². The third-order valence-corrected chi connectivity index (χ3v) is 6.61. The summed E-state index contributed by atoms with van der Waals surface area (Å²) in [6.45, 7) is 5.89. The van der Waals surface area contributed by atoms with E-state index in [2.05, 4.69) is 36.5 Å². The van der Waals surface area contributed by atoms with E-state index in [4.69, 9.17) is 18.9 Å². The molecule has 1 fully saturated rings.